The van der Waals surface area contributed by atoms with Gasteiger partial charge in [0.2, 0.25) is 5.89 Å². The number of nitrogens with zero attached hydrogens (tertiary/aromatic N) is 2. The SMILES string of the molecule is C[C@H](O)[C@H](O)[C@H](O)C[C@H](O)c1cnc(Cc2cnco2)o1. The molecule has 2 aromatic rings. The molecule has 0 aromatic carbocycles. The predicted octanol–water partition coefficient (Wildman–Crippen LogP) is -0.221. The van der Waals surface area contributed by atoms with Crippen molar-refractivity contribution in [3.63, 3.8) is 0 Å². The molecule has 0 fully saturated rings. The summed E-state index contributed by atoms with van der Waals surface area (Å²) in [7, 11) is 0. The van der Waals surface area contributed by atoms with E-state index in [1.54, 1.807) is 0 Å². The summed E-state index contributed by atoms with van der Waals surface area (Å²) in [4.78, 5) is 7.76. The fourth-order valence-electron chi connectivity index (χ4n) is 1.84. The fraction of sp³-hybridized carbons (Fsp3) is 0.538. The van der Waals surface area contributed by atoms with Crippen LogP contribution in [0.25, 0.3) is 0 Å². The van der Waals surface area contributed by atoms with Crippen LogP contribution in [0.15, 0.2) is 27.6 Å². The highest BCUT2D eigenvalue weighted by Gasteiger charge is 2.26. The normalized spacial score (nSPS) is 17.4. The van der Waals surface area contributed by atoms with E-state index in [1.165, 1.54) is 25.7 Å². The highest BCUT2D eigenvalue weighted by molar-refractivity contribution is 5.04. The summed E-state index contributed by atoms with van der Waals surface area (Å²) in [5.41, 5.74) is 0. The number of aliphatic hydroxyl groups excluding tert-OH is 4. The summed E-state index contributed by atoms with van der Waals surface area (Å²) < 4.78 is 10.4. The van der Waals surface area contributed by atoms with E-state index in [2.05, 4.69) is 9.97 Å². The largest absolute Gasteiger partial charge is 0.448 e. The first-order valence-corrected chi connectivity index (χ1v) is 6.51. The minimum atomic E-state index is -1.34. The molecule has 0 unspecified atom stereocenters. The van der Waals surface area contributed by atoms with Crippen LogP contribution in [0.3, 0.4) is 0 Å². The second-order valence-electron chi connectivity index (χ2n) is 4.85. The van der Waals surface area contributed by atoms with Crippen LogP contribution < -0.4 is 0 Å². The van der Waals surface area contributed by atoms with Gasteiger partial charge >= 0.3 is 0 Å². The molecular formula is C13H18N2O6. The van der Waals surface area contributed by atoms with Crippen LogP contribution in [0, 0.1) is 0 Å². The van der Waals surface area contributed by atoms with Crippen molar-refractivity contribution in [2.24, 2.45) is 0 Å². The van der Waals surface area contributed by atoms with Gasteiger partial charge in [0.1, 0.15) is 18.0 Å². The summed E-state index contributed by atoms with van der Waals surface area (Å²) in [6, 6.07) is 0. The topological polar surface area (TPSA) is 133 Å². The zero-order valence-electron chi connectivity index (χ0n) is 11.5. The van der Waals surface area contributed by atoms with Gasteiger partial charge in [-0.05, 0) is 6.92 Å². The Morgan fingerprint density at radius 3 is 2.57 bits per heavy atom. The van der Waals surface area contributed by atoms with Gasteiger partial charge in [-0.2, -0.15) is 0 Å². The molecule has 4 N–H and O–H groups in total. The van der Waals surface area contributed by atoms with E-state index in [1.807, 2.05) is 0 Å². The summed E-state index contributed by atoms with van der Waals surface area (Å²) in [6.45, 7) is 1.35. The molecule has 0 aliphatic rings. The van der Waals surface area contributed by atoms with Crippen molar-refractivity contribution in [2.45, 2.75) is 44.2 Å². The molecule has 0 spiro atoms. The lowest BCUT2D eigenvalue weighted by Crippen LogP contribution is -2.36. The second-order valence-corrected chi connectivity index (χ2v) is 4.85. The van der Waals surface area contributed by atoms with Gasteiger partial charge in [0.25, 0.3) is 0 Å². The lowest BCUT2D eigenvalue weighted by atomic mass is 10.0. The molecule has 0 saturated carbocycles. The van der Waals surface area contributed by atoms with Gasteiger partial charge in [0.05, 0.1) is 31.0 Å². The maximum atomic E-state index is 9.94. The van der Waals surface area contributed by atoms with Crippen LogP contribution in [0.5, 0.6) is 0 Å². The Hall–Kier alpha value is -1.74. The van der Waals surface area contributed by atoms with Crippen molar-refractivity contribution in [2.75, 3.05) is 0 Å². The van der Waals surface area contributed by atoms with Crippen molar-refractivity contribution in [1.82, 2.24) is 9.97 Å². The van der Waals surface area contributed by atoms with Gasteiger partial charge < -0.3 is 29.3 Å². The molecule has 0 aliphatic carbocycles. The quantitative estimate of drug-likeness (QED) is 0.551. The molecule has 4 atom stereocenters. The van der Waals surface area contributed by atoms with Gasteiger partial charge in [-0.15, -0.1) is 0 Å². The van der Waals surface area contributed by atoms with Crippen molar-refractivity contribution >= 4 is 0 Å². The minimum absolute atomic E-state index is 0.168. The Kier molecular flexibility index (Phi) is 5.07. The van der Waals surface area contributed by atoms with Crippen LogP contribution in [0.1, 0.15) is 36.9 Å². The van der Waals surface area contributed by atoms with Crippen molar-refractivity contribution < 1.29 is 29.3 Å². The highest BCUT2D eigenvalue weighted by atomic mass is 16.4. The fourth-order valence-corrected chi connectivity index (χ4v) is 1.84. The van der Waals surface area contributed by atoms with Crippen LogP contribution in [-0.2, 0) is 6.42 Å². The van der Waals surface area contributed by atoms with Crippen LogP contribution in [-0.4, -0.2) is 48.7 Å². The summed E-state index contributed by atoms with van der Waals surface area (Å²) in [5.74, 6) is 1.08. The number of oxazole rings is 2. The van der Waals surface area contributed by atoms with Crippen LogP contribution in [0.2, 0.25) is 0 Å². The molecule has 2 heterocycles. The first kappa shape index (κ1) is 15.6. The zero-order chi connectivity index (χ0) is 15.4. The average Bonchev–Trinajstić information content (AvgIpc) is 3.09. The Morgan fingerprint density at radius 1 is 1.19 bits per heavy atom. The van der Waals surface area contributed by atoms with E-state index in [9.17, 15) is 20.4 Å². The van der Waals surface area contributed by atoms with Gasteiger partial charge in [-0.25, -0.2) is 9.97 Å². The van der Waals surface area contributed by atoms with E-state index in [0.29, 0.717) is 18.1 Å². The molecule has 0 radical (unpaired) electrons. The first-order chi connectivity index (χ1) is 9.97. The standard InChI is InChI=1S/C13H18N2O6/c1-7(16)13(19)10(18)3-9(17)11-5-15-12(21-11)2-8-4-14-6-20-8/h4-7,9-10,13,16-19H,2-3H2,1H3/t7-,9-,10+,13-/m0/s1. The number of hydrogen-bond acceptors (Lipinski definition) is 8. The molecule has 0 aliphatic heterocycles. The van der Waals surface area contributed by atoms with E-state index in [4.69, 9.17) is 8.83 Å². The van der Waals surface area contributed by atoms with Crippen molar-refractivity contribution in [3.05, 3.63) is 36.2 Å². The Morgan fingerprint density at radius 2 is 1.95 bits per heavy atom. The summed E-state index contributed by atoms with van der Waals surface area (Å²) in [6.07, 6.45) is -0.551. The molecule has 21 heavy (non-hydrogen) atoms. The Labute approximate surface area is 120 Å². The molecule has 0 bridgehead atoms. The predicted molar refractivity (Wildman–Crippen MR) is 69.1 cm³/mol. The Bertz CT molecular complexity index is 539. The van der Waals surface area contributed by atoms with Gasteiger partial charge in [-0.3, -0.25) is 0 Å². The van der Waals surface area contributed by atoms with Gasteiger partial charge in [0, 0.05) is 6.42 Å². The number of rotatable bonds is 7. The number of hydrogen-bond donors (Lipinski definition) is 4. The molecule has 0 amide bonds. The Balaban J connectivity index is 1.94. The van der Waals surface area contributed by atoms with E-state index in [0.717, 1.165) is 0 Å². The minimum Gasteiger partial charge on any atom is -0.448 e. The summed E-state index contributed by atoms with van der Waals surface area (Å²) >= 11 is 0. The molecule has 2 aromatic heterocycles. The van der Waals surface area contributed by atoms with Gasteiger partial charge in [-0.1, -0.05) is 0 Å². The third kappa shape index (κ3) is 4.11. The maximum Gasteiger partial charge on any atom is 0.202 e. The molecule has 0 saturated heterocycles. The monoisotopic (exact) mass is 298 g/mol. The smallest absolute Gasteiger partial charge is 0.202 e. The van der Waals surface area contributed by atoms with E-state index >= 15 is 0 Å². The lowest BCUT2D eigenvalue weighted by molar-refractivity contribution is -0.0694. The zero-order valence-corrected chi connectivity index (χ0v) is 11.5. The highest BCUT2D eigenvalue weighted by Crippen LogP contribution is 2.22. The second kappa shape index (κ2) is 6.81. The lowest BCUT2D eigenvalue weighted by Gasteiger charge is -2.21. The van der Waals surface area contributed by atoms with Crippen LogP contribution >= 0.6 is 0 Å². The van der Waals surface area contributed by atoms with Crippen molar-refractivity contribution in [1.29, 1.82) is 0 Å². The van der Waals surface area contributed by atoms with Gasteiger partial charge in [0.15, 0.2) is 12.2 Å². The number of aliphatic hydroxyl groups is 4. The third-order valence-electron chi connectivity index (χ3n) is 3.06. The molecular weight excluding hydrogens is 280 g/mol. The average molecular weight is 298 g/mol. The molecule has 8 nitrogen and oxygen atoms in total. The summed E-state index contributed by atoms with van der Waals surface area (Å²) in [5, 5.41) is 38.3. The van der Waals surface area contributed by atoms with Crippen molar-refractivity contribution in [3.8, 4) is 0 Å². The maximum absolute atomic E-state index is 9.94. The molecule has 116 valence electrons. The van der Waals surface area contributed by atoms with E-state index in [-0.39, 0.29) is 12.2 Å². The van der Waals surface area contributed by atoms with Crippen LogP contribution in [0.4, 0.5) is 0 Å². The number of aromatic nitrogens is 2. The molecule has 2 rings (SSSR count). The third-order valence-corrected chi connectivity index (χ3v) is 3.06. The van der Waals surface area contributed by atoms with E-state index < -0.39 is 24.4 Å². The molecule has 8 heteroatoms. The first-order valence-electron chi connectivity index (χ1n) is 6.51.